The van der Waals surface area contributed by atoms with Crippen LogP contribution in [0.4, 0.5) is 11.4 Å². The van der Waals surface area contributed by atoms with E-state index >= 15 is 0 Å². The summed E-state index contributed by atoms with van der Waals surface area (Å²) in [6.45, 7) is 6.52. The fourth-order valence-corrected chi connectivity index (χ4v) is 7.82. The van der Waals surface area contributed by atoms with E-state index < -0.39 is 11.9 Å². The number of cyclic esters (lactones) is 2. The van der Waals surface area contributed by atoms with Gasteiger partial charge in [-0.25, -0.2) is 9.59 Å². The highest BCUT2D eigenvalue weighted by atomic mass is 16.6. The number of hydrogen-bond donors (Lipinski definition) is 1. The Balaban J connectivity index is 0.853. The van der Waals surface area contributed by atoms with Crippen molar-refractivity contribution in [3.05, 3.63) is 93.5 Å². The van der Waals surface area contributed by atoms with Gasteiger partial charge in [0, 0.05) is 68.8 Å². The van der Waals surface area contributed by atoms with Crippen molar-refractivity contribution in [2.45, 2.75) is 70.6 Å². The molecule has 7 rings (SSSR count). The van der Waals surface area contributed by atoms with E-state index in [1.54, 1.807) is 0 Å². The predicted octanol–water partition coefficient (Wildman–Crippen LogP) is 5.59. The summed E-state index contributed by atoms with van der Waals surface area (Å²) in [7, 11) is 2.12. The van der Waals surface area contributed by atoms with E-state index in [9.17, 15) is 19.6 Å². The molecule has 242 valence electrons. The highest BCUT2D eigenvalue weighted by Crippen LogP contribution is 2.33. The van der Waals surface area contributed by atoms with Crippen molar-refractivity contribution in [3.8, 4) is 6.07 Å². The minimum atomic E-state index is -0.536. The minimum absolute atomic E-state index is 0.00660. The summed E-state index contributed by atoms with van der Waals surface area (Å²) < 4.78 is 4.76. The Labute approximate surface area is 276 Å². The number of esters is 2. The Kier molecular flexibility index (Phi) is 8.46. The van der Waals surface area contributed by atoms with Crippen molar-refractivity contribution >= 4 is 29.2 Å². The third kappa shape index (κ3) is 6.35. The maximum atomic E-state index is 13.1. The van der Waals surface area contributed by atoms with Crippen molar-refractivity contribution in [1.82, 2.24) is 10.2 Å². The fourth-order valence-electron chi connectivity index (χ4n) is 7.82. The summed E-state index contributed by atoms with van der Waals surface area (Å²) in [5.41, 5.74) is 7.73. The average Bonchev–Trinajstić information content (AvgIpc) is 3.61. The molecule has 9 nitrogen and oxygen atoms in total. The van der Waals surface area contributed by atoms with Crippen LogP contribution in [0.5, 0.6) is 0 Å². The maximum absolute atomic E-state index is 13.1. The number of ether oxygens (including phenoxy) is 1. The Morgan fingerprint density at radius 1 is 0.915 bits per heavy atom. The molecule has 3 heterocycles. The van der Waals surface area contributed by atoms with Crippen LogP contribution in [-0.2, 0) is 17.8 Å². The molecule has 3 aromatic rings. The van der Waals surface area contributed by atoms with Gasteiger partial charge in [-0.3, -0.25) is 9.69 Å². The van der Waals surface area contributed by atoms with Crippen LogP contribution in [-0.4, -0.2) is 61.5 Å². The van der Waals surface area contributed by atoms with Crippen LogP contribution in [0.3, 0.4) is 0 Å². The van der Waals surface area contributed by atoms with Crippen molar-refractivity contribution < 1.29 is 19.1 Å². The Hall–Kier alpha value is -4.68. The van der Waals surface area contributed by atoms with Crippen LogP contribution in [0.25, 0.3) is 0 Å². The Bertz CT molecular complexity index is 1700. The molecule has 2 fully saturated rings. The SMILES string of the molecule is Cc1cc(N(C)[C@H]2CC[C@H](NC(=O)c3ccc(N4CCC(CN5Cc6cc7c(cc6C5)C(=O)OC7=O)CC4)cc3)CC2)ccc1C#N. The third-order valence-corrected chi connectivity index (χ3v) is 10.7. The van der Waals surface area contributed by atoms with Crippen LogP contribution >= 0.6 is 0 Å². The monoisotopic (exact) mass is 631 g/mol. The van der Waals surface area contributed by atoms with Crippen molar-refractivity contribution in [3.63, 3.8) is 0 Å². The van der Waals surface area contributed by atoms with Crippen LogP contribution < -0.4 is 15.1 Å². The number of anilines is 2. The largest absolute Gasteiger partial charge is 0.386 e. The number of nitriles is 1. The smallest absolute Gasteiger partial charge is 0.346 e. The second-order valence-corrected chi connectivity index (χ2v) is 13.7. The molecule has 1 saturated carbocycles. The number of aryl methyl sites for hydroxylation is 1. The molecule has 0 unspecified atom stereocenters. The number of fused-ring (bicyclic) bond motifs is 2. The molecule has 1 amide bonds. The zero-order valence-corrected chi connectivity index (χ0v) is 27.1. The second-order valence-electron chi connectivity index (χ2n) is 13.7. The van der Waals surface area contributed by atoms with E-state index in [0.717, 1.165) is 99.3 Å². The first-order valence-corrected chi connectivity index (χ1v) is 16.8. The van der Waals surface area contributed by atoms with Gasteiger partial charge in [-0.2, -0.15) is 5.26 Å². The van der Waals surface area contributed by atoms with Crippen molar-refractivity contribution in [2.24, 2.45) is 5.92 Å². The molecule has 1 saturated heterocycles. The van der Waals surface area contributed by atoms with E-state index in [-0.39, 0.29) is 11.9 Å². The maximum Gasteiger partial charge on any atom is 0.346 e. The third-order valence-electron chi connectivity index (χ3n) is 10.7. The molecule has 0 bridgehead atoms. The lowest BCUT2D eigenvalue weighted by molar-refractivity contribution is 0.0443. The summed E-state index contributed by atoms with van der Waals surface area (Å²) in [5.74, 6) is -0.489. The molecule has 4 aliphatic rings. The van der Waals surface area contributed by atoms with E-state index in [0.29, 0.717) is 34.2 Å². The van der Waals surface area contributed by atoms with Gasteiger partial charge in [-0.15, -0.1) is 0 Å². The number of carbonyl (C=O) groups is 3. The van der Waals surface area contributed by atoms with E-state index in [1.165, 1.54) is 0 Å². The first kappa shape index (κ1) is 30.9. The van der Waals surface area contributed by atoms with Crippen LogP contribution in [0.15, 0.2) is 54.6 Å². The molecule has 0 radical (unpaired) electrons. The van der Waals surface area contributed by atoms with Gasteiger partial charge in [0.05, 0.1) is 22.8 Å². The lowest BCUT2D eigenvalue weighted by Crippen LogP contribution is -2.43. The van der Waals surface area contributed by atoms with Crippen LogP contribution in [0, 0.1) is 24.2 Å². The number of nitrogens with zero attached hydrogens (tertiary/aromatic N) is 4. The summed E-state index contributed by atoms with van der Waals surface area (Å²) >= 11 is 0. The van der Waals surface area contributed by atoms with E-state index in [2.05, 4.69) is 51.3 Å². The highest BCUT2D eigenvalue weighted by molar-refractivity contribution is 6.15. The van der Waals surface area contributed by atoms with Gasteiger partial charge in [-0.1, -0.05) is 0 Å². The second kappa shape index (κ2) is 12.8. The number of benzene rings is 3. The summed E-state index contributed by atoms with van der Waals surface area (Å²) in [6, 6.07) is 20.6. The van der Waals surface area contributed by atoms with Gasteiger partial charge in [0.1, 0.15) is 0 Å². The standard InChI is InChI=1S/C38H41N5O4/c1-24-17-33(10-5-27(24)20-39)41(2)31-11-6-30(7-12-31)40-36(44)26-3-8-32(9-4-26)43-15-13-25(14-16-43)21-42-22-28-18-34-35(19-29(28)23-42)38(46)47-37(34)45/h3-5,8-10,17-19,25,30-31H,6-7,11-16,21-23H2,1-2H3,(H,40,44)/t30-,31-. The van der Waals surface area contributed by atoms with E-state index in [1.807, 2.05) is 43.3 Å². The normalized spacial score (nSPS) is 21.2. The molecule has 0 spiro atoms. The molecular formula is C38H41N5O4. The first-order chi connectivity index (χ1) is 22.7. The zero-order valence-electron chi connectivity index (χ0n) is 27.1. The quantitative estimate of drug-likeness (QED) is 0.266. The number of carbonyl (C=O) groups excluding carboxylic acids is 3. The lowest BCUT2D eigenvalue weighted by atomic mass is 9.89. The van der Waals surface area contributed by atoms with Gasteiger partial charge in [-0.05, 0) is 123 Å². The minimum Gasteiger partial charge on any atom is -0.386 e. The molecule has 9 heteroatoms. The number of rotatable bonds is 7. The van der Waals surface area contributed by atoms with Gasteiger partial charge in [0.2, 0.25) is 0 Å². The van der Waals surface area contributed by atoms with Gasteiger partial charge in [0.15, 0.2) is 0 Å². The summed E-state index contributed by atoms with van der Waals surface area (Å²) in [5, 5.41) is 12.5. The predicted molar refractivity (Wildman–Crippen MR) is 179 cm³/mol. The number of nitrogens with one attached hydrogen (secondary N) is 1. The zero-order chi connectivity index (χ0) is 32.7. The molecule has 3 aromatic carbocycles. The van der Waals surface area contributed by atoms with Crippen molar-refractivity contribution in [1.29, 1.82) is 5.26 Å². The fraction of sp³-hybridized carbons (Fsp3) is 0.421. The lowest BCUT2D eigenvalue weighted by Gasteiger charge is -2.36. The first-order valence-electron chi connectivity index (χ1n) is 16.8. The molecule has 0 atom stereocenters. The topological polar surface area (TPSA) is 106 Å². The van der Waals surface area contributed by atoms with Gasteiger partial charge < -0.3 is 19.9 Å². The molecule has 3 aliphatic heterocycles. The number of piperidine rings is 1. The summed E-state index contributed by atoms with van der Waals surface area (Å²) in [4.78, 5) is 44.2. The average molecular weight is 632 g/mol. The highest BCUT2D eigenvalue weighted by Gasteiger charge is 2.34. The molecule has 0 aromatic heterocycles. The Morgan fingerprint density at radius 3 is 2.15 bits per heavy atom. The molecule has 47 heavy (non-hydrogen) atoms. The molecule has 1 aliphatic carbocycles. The number of amides is 1. The summed E-state index contributed by atoms with van der Waals surface area (Å²) in [6.07, 6.45) is 6.11. The van der Waals surface area contributed by atoms with Crippen LogP contribution in [0.2, 0.25) is 0 Å². The Morgan fingerprint density at radius 2 is 1.55 bits per heavy atom. The van der Waals surface area contributed by atoms with E-state index in [4.69, 9.17) is 4.74 Å². The molecular weight excluding hydrogens is 590 g/mol. The number of hydrogen-bond acceptors (Lipinski definition) is 8. The molecule has 1 N–H and O–H groups in total. The van der Waals surface area contributed by atoms with Crippen LogP contribution in [0.1, 0.15) is 91.9 Å². The van der Waals surface area contributed by atoms with Gasteiger partial charge in [0.25, 0.3) is 5.91 Å². The van der Waals surface area contributed by atoms with Gasteiger partial charge >= 0.3 is 11.9 Å². The van der Waals surface area contributed by atoms with Crippen molar-refractivity contribution in [2.75, 3.05) is 36.5 Å².